The second-order valence-electron chi connectivity index (χ2n) is 5.23. The number of hydrogen-bond donors (Lipinski definition) is 0. The molecule has 0 N–H and O–H groups in total. The molecule has 0 aliphatic rings. The standard InChI is InChI=1S/C20H19FO4/c1-13(2)19(22)24-17-10-7-16(8-11-17)15(5)6-9-18(12-21)25-20(23)14(3)4/h6-12H,1,3,5H2,2,4H3/b9-6-,18-12-. The summed E-state index contributed by atoms with van der Waals surface area (Å²) in [7, 11) is 0. The quantitative estimate of drug-likeness (QED) is 0.238. The molecule has 0 aromatic heterocycles. The number of esters is 2. The van der Waals surface area contributed by atoms with Gasteiger partial charge in [-0.25, -0.2) is 14.0 Å². The van der Waals surface area contributed by atoms with E-state index >= 15 is 0 Å². The van der Waals surface area contributed by atoms with Crippen molar-refractivity contribution >= 4 is 17.5 Å². The zero-order chi connectivity index (χ0) is 19.0. The van der Waals surface area contributed by atoms with Gasteiger partial charge < -0.3 is 9.47 Å². The molecule has 1 aromatic rings. The lowest BCUT2D eigenvalue weighted by Gasteiger charge is -2.06. The highest BCUT2D eigenvalue weighted by Gasteiger charge is 2.07. The van der Waals surface area contributed by atoms with Crippen LogP contribution in [0.25, 0.3) is 5.57 Å². The Morgan fingerprint density at radius 1 is 0.960 bits per heavy atom. The Morgan fingerprint density at radius 2 is 1.52 bits per heavy atom. The fraction of sp³-hybridized carbons (Fsp3) is 0.100. The molecule has 1 rings (SSSR count). The molecule has 0 atom stereocenters. The Balaban J connectivity index is 2.76. The fourth-order valence-corrected chi connectivity index (χ4v) is 1.50. The summed E-state index contributed by atoms with van der Waals surface area (Å²) in [6, 6.07) is 6.57. The SMILES string of the molecule is C=C(C)C(=O)OC(/C=C\C(=C)c1ccc(OC(=O)C(=C)C)cc1)=C\F. The molecule has 0 aliphatic carbocycles. The topological polar surface area (TPSA) is 52.6 Å². The van der Waals surface area contributed by atoms with Crippen molar-refractivity contribution in [3.63, 3.8) is 0 Å². The molecule has 0 radical (unpaired) electrons. The minimum atomic E-state index is -0.720. The van der Waals surface area contributed by atoms with Crippen molar-refractivity contribution in [1.82, 2.24) is 0 Å². The van der Waals surface area contributed by atoms with Crippen LogP contribution in [-0.2, 0) is 14.3 Å². The number of ether oxygens (including phenoxy) is 2. The Labute approximate surface area is 146 Å². The van der Waals surface area contributed by atoms with Gasteiger partial charge in [-0.05, 0) is 43.2 Å². The van der Waals surface area contributed by atoms with Crippen LogP contribution in [0.4, 0.5) is 4.39 Å². The van der Waals surface area contributed by atoms with Crippen LogP contribution < -0.4 is 4.74 Å². The highest BCUT2D eigenvalue weighted by atomic mass is 19.1. The summed E-state index contributed by atoms with van der Waals surface area (Å²) >= 11 is 0. The zero-order valence-corrected chi connectivity index (χ0v) is 14.2. The number of benzene rings is 1. The lowest BCUT2D eigenvalue weighted by molar-refractivity contribution is -0.134. The monoisotopic (exact) mass is 342 g/mol. The molecule has 0 saturated heterocycles. The molecule has 0 heterocycles. The van der Waals surface area contributed by atoms with Gasteiger partial charge in [0.25, 0.3) is 0 Å². The Bertz CT molecular complexity index is 767. The minimum Gasteiger partial charge on any atom is -0.423 e. The summed E-state index contributed by atoms with van der Waals surface area (Å²) in [5.41, 5.74) is 1.72. The number of hydrogen-bond acceptors (Lipinski definition) is 4. The molecule has 0 aliphatic heterocycles. The van der Waals surface area contributed by atoms with Crippen LogP contribution in [0.3, 0.4) is 0 Å². The van der Waals surface area contributed by atoms with Crippen molar-refractivity contribution < 1.29 is 23.5 Å². The molecule has 0 amide bonds. The first-order valence-corrected chi connectivity index (χ1v) is 7.27. The van der Waals surface area contributed by atoms with Crippen molar-refractivity contribution in [3.8, 4) is 5.75 Å². The normalized spacial score (nSPS) is 11.1. The third-order valence-corrected chi connectivity index (χ3v) is 2.90. The highest BCUT2D eigenvalue weighted by Crippen LogP contribution is 2.20. The van der Waals surface area contributed by atoms with Gasteiger partial charge in [-0.3, -0.25) is 0 Å². The summed E-state index contributed by atoms with van der Waals surface area (Å²) in [6.45, 7) is 13.8. The largest absolute Gasteiger partial charge is 0.423 e. The zero-order valence-electron chi connectivity index (χ0n) is 14.2. The molecule has 5 heteroatoms. The van der Waals surface area contributed by atoms with Crippen molar-refractivity contribution in [1.29, 1.82) is 0 Å². The number of allylic oxidation sites excluding steroid dienone is 3. The first-order valence-electron chi connectivity index (χ1n) is 7.27. The van der Waals surface area contributed by atoms with Crippen LogP contribution in [0.5, 0.6) is 5.75 Å². The molecular formula is C20H19FO4. The van der Waals surface area contributed by atoms with E-state index in [4.69, 9.17) is 9.47 Å². The van der Waals surface area contributed by atoms with Gasteiger partial charge in [-0.1, -0.05) is 37.9 Å². The molecular weight excluding hydrogens is 323 g/mol. The maximum absolute atomic E-state index is 12.8. The van der Waals surface area contributed by atoms with Gasteiger partial charge in [0.1, 0.15) is 12.1 Å². The van der Waals surface area contributed by atoms with Crippen LogP contribution in [0.15, 0.2) is 79.4 Å². The molecule has 4 nitrogen and oxygen atoms in total. The van der Waals surface area contributed by atoms with Gasteiger partial charge in [-0.2, -0.15) is 0 Å². The summed E-state index contributed by atoms with van der Waals surface area (Å²) in [4.78, 5) is 22.8. The average Bonchev–Trinajstić information content (AvgIpc) is 2.58. The third-order valence-electron chi connectivity index (χ3n) is 2.90. The second-order valence-corrected chi connectivity index (χ2v) is 5.23. The first kappa shape index (κ1) is 19.8. The van der Waals surface area contributed by atoms with Crippen molar-refractivity contribution in [3.05, 3.63) is 85.0 Å². The molecule has 0 spiro atoms. The fourth-order valence-electron chi connectivity index (χ4n) is 1.50. The predicted octanol–water partition coefficient (Wildman–Crippen LogP) is 4.67. The molecule has 0 fully saturated rings. The van der Waals surface area contributed by atoms with Gasteiger partial charge >= 0.3 is 11.9 Å². The number of carbonyl (C=O) groups is 2. The van der Waals surface area contributed by atoms with E-state index in [1.165, 1.54) is 19.1 Å². The van der Waals surface area contributed by atoms with Crippen LogP contribution >= 0.6 is 0 Å². The summed E-state index contributed by atoms with van der Waals surface area (Å²) in [6.07, 6.45) is 2.94. The van der Waals surface area contributed by atoms with Gasteiger partial charge in [0.2, 0.25) is 0 Å². The van der Waals surface area contributed by atoms with Crippen molar-refractivity contribution in [2.45, 2.75) is 13.8 Å². The molecule has 0 bridgehead atoms. The van der Waals surface area contributed by atoms with E-state index in [9.17, 15) is 14.0 Å². The Kier molecular flexibility index (Phi) is 7.28. The third kappa shape index (κ3) is 6.43. The van der Waals surface area contributed by atoms with Gasteiger partial charge in [0.15, 0.2) is 5.76 Å². The van der Waals surface area contributed by atoms with E-state index in [1.54, 1.807) is 31.2 Å². The van der Waals surface area contributed by atoms with Crippen LogP contribution in [0, 0.1) is 0 Å². The smallest absolute Gasteiger partial charge is 0.338 e. The highest BCUT2D eigenvalue weighted by molar-refractivity contribution is 5.89. The lowest BCUT2D eigenvalue weighted by atomic mass is 10.1. The first-order chi connectivity index (χ1) is 11.7. The van der Waals surface area contributed by atoms with E-state index < -0.39 is 11.9 Å². The predicted molar refractivity (Wildman–Crippen MR) is 95.2 cm³/mol. The number of rotatable bonds is 7. The summed E-state index contributed by atoms with van der Waals surface area (Å²) in [5, 5.41) is 0. The van der Waals surface area contributed by atoms with E-state index in [1.807, 2.05) is 0 Å². The van der Waals surface area contributed by atoms with Crippen LogP contribution in [0.2, 0.25) is 0 Å². The van der Waals surface area contributed by atoms with Crippen LogP contribution in [0.1, 0.15) is 19.4 Å². The van der Waals surface area contributed by atoms with Crippen molar-refractivity contribution in [2.75, 3.05) is 0 Å². The molecule has 0 unspecified atom stereocenters. The van der Waals surface area contributed by atoms with E-state index in [0.29, 0.717) is 16.9 Å². The molecule has 25 heavy (non-hydrogen) atoms. The van der Waals surface area contributed by atoms with Gasteiger partial charge in [-0.15, -0.1) is 0 Å². The Morgan fingerprint density at radius 3 is 2.00 bits per heavy atom. The number of halogens is 1. The minimum absolute atomic E-state index is 0.159. The molecule has 130 valence electrons. The van der Waals surface area contributed by atoms with Gasteiger partial charge in [0, 0.05) is 11.1 Å². The Hall–Kier alpha value is -3.21. The molecule has 0 saturated carbocycles. The van der Waals surface area contributed by atoms with Gasteiger partial charge in [0.05, 0.1) is 0 Å². The summed E-state index contributed by atoms with van der Waals surface area (Å²) < 4.78 is 22.6. The van der Waals surface area contributed by atoms with E-state index in [2.05, 4.69) is 19.7 Å². The van der Waals surface area contributed by atoms with E-state index in [0.717, 1.165) is 5.56 Å². The molecule has 1 aromatic carbocycles. The number of carbonyl (C=O) groups excluding carboxylic acids is 2. The maximum Gasteiger partial charge on any atom is 0.338 e. The van der Waals surface area contributed by atoms with Crippen LogP contribution in [-0.4, -0.2) is 11.9 Å². The van der Waals surface area contributed by atoms with Crippen molar-refractivity contribution in [2.24, 2.45) is 0 Å². The average molecular weight is 342 g/mol. The van der Waals surface area contributed by atoms with E-state index in [-0.39, 0.29) is 17.7 Å². The summed E-state index contributed by atoms with van der Waals surface area (Å²) in [5.74, 6) is -1.12. The maximum atomic E-state index is 12.8. The lowest BCUT2D eigenvalue weighted by Crippen LogP contribution is -2.07. The second kappa shape index (κ2) is 9.17.